The Bertz CT molecular complexity index is 1190. The molecule has 8 nitrogen and oxygen atoms in total. The fraction of sp³-hybridized carbons (Fsp3) is 0.462. The molecule has 1 N–H and O–H groups in total. The summed E-state index contributed by atoms with van der Waals surface area (Å²) in [4.78, 5) is 29.1. The molecule has 1 heterocycles. The molecule has 2 atom stereocenters. The number of aryl methyl sites for hydroxylation is 2. The van der Waals surface area contributed by atoms with Crippen LogP contribution in [0.25, 0.3) is 0 Å². The van der Waals surface area contributed by atoms with Crippen molar-refractivity contribution in [3.63, 3.8) is 0 Å². The molecule has 0 saturated carbocycles. The number of nitrogens with zero attached hydrogens (tertiary/aromatic N) is 2. The highest BCUT2D eigenvalue weighted by Gasteiger charge is 2.32. The number of ether oxygens (including phenoxy) is 1. The van der Waals surface area contributed by atoms with Crippen molar-refractivity contribution in [3.8, 4) is 5.75 Å². The molecule has 0 aromatic heterocycles. The highest BCUT2D eigenvalue weighted by molar-refractivity contribution is 7.89. The zero-order valence-corrected chi connectivity index (χ0v) is 22.0. The smallest absolute Gasteiger partial charge is 0.260 e. The summed E-state index contributed by atoms with van der Waals surface area (Å²) in [6.45, 7) is 7.76. The van der Waals surface area contributed by atoms with Crippen molar-refractivity contribution < 1.29 is 27.1 Å². The van der Waals surface area contributed by atoms with Crippen LogP contribution >= 0.6 is 0 Å². The second kappa shape index (κ2) is 11.8. The minimum absolute atomic E-state index is 0.0186. The standard InChI is InChI=1S/C26H34FN3O5S/c1-18-5-11-24(22(13-18)8-12-25(31)28-36(4,33)34)35-17-26(32)30-15-19(2)29(14-20(30)3)16-21-6-9-23(27)10-7-21/h5-7,9-11,13,19-20H,8,12,14-17H2,1-4H3,(H,28,31)/t19-,20+/m0/s1. The average molecular weight is 520 g/mol. The maximum Gasteiger partial charge on any atom is 0.260 e. The van der Waals surface area contributed by atoms with Crippen LogP contribution in [0.1, 0.15) is 37.0 Å². The quantitative estimate of drug-likeness (QED) is 0.547. The lowest BCUT2D eigenvalue weighted by atomic mass is 10.1. The van der Waals surface area contributed by atoms with Crippen LogP contribution in [0.4, 0.5) is 4.39 Å². The fourth-order valence-electron chi connectivity index (χ4n) is 4.36. The number of carbonyl (C=O) groups is 2. The van der Waals surface area contributed by atoms with Gasteiger partial charge in [-0.3, -0.25) is 19.2 Å². The van der Waals surface area contributed by atoms with E-state index in [1.54, 1.807) is 18.2 Å². The van der Waals surface area contributed by atoms with E-state index in [1.165, 1.54) is 12.1 Å². The van der Waals surface area contributed by atoms with Gasteiger partial charge in [0, 0.05) is 38.1 Å². The van der Waals surface area contributed by atoms with E-state index in [0.29, 0.717) is 25.4 Å². The first-order valence-electron chi connectivity index (χ1n) is 11.9. The Morgan fingerprint density at radius 3 is 2.44 bits per heavy atom. The Labute approximate surface area is 212 Å². The largest absolute Gasteiger partial charge is 0.483 e. The van der Waals surface area contributed by atoms with Crippen LogP contribution in [0.5, 0.6) is 5.75 Å². The van der Waals surface area contributed by atoms with Gasteiger partial charge in [-0.1, -0.05) is 29.8 Å². The number of hydrogen-bond donors (Lipinski definition) is 1. The van der Waals surface area contributed by atoms with Gasteiger partial charge in [0.2, 0.25) is 15.9 Å². The number of sulfonamides is 1. The third-order valence-electron chi connectivity index (χ3n) is 6.22. The molecule has 0 bridgehead atoms. The minimum atomic E-state index is -3.61. The normalized spacial score (nSPS) is 18.6. The lowest BCUT2D eigenvalue weighted by Gasteiger charge is -2.44. The number of carbonyl (C=O) groups excluding carboxylic acids is 2. The van der Waals surface area contributed by atoms with E-state index in [2.05, 4.69) is 11.8 Å². The van der Waals surface area contributed by atoms with Gasteiger partial charge in [-0.05, 0) is 56.5 Å². The van der Waals surface area contributed by atoms with E-state index < -0.39 is 15.9 Å². The van der Waals surface area contributed by atoms with Gasteiger partial charge in [0.15, 0.2) is 6.61 Å². The van der Waals surface area contributed by atoms with Crippen molar-refractivity contribution in [2.24, 2.45) is 0 Å². The molecule has 0 spiro atoms. The van der Waals surface area contributed by atoms with Crippen molar-refractivity contribution in [3.05, 3.63) is 65.0 Å². The van der Waals surface area contributed by atoms with E-state index in [4.69, 9.17) is 4.74 Å². The van der Waals surface area contributed by atoms with Crippen LogP contribution < -0.4 is 9.46 Å². The molecule has 0 unspecified atom stereocenters. The number of benzene rings is 2. The van der Waals surface area contributed by atoms with Crippen molar-refractivity contribution in [1.29, 1.82) is 0 Å². The van der Waals surface area contributed by atoms with Crippen molar-refractivity contribution in [2.45, 2.75) is 52.2 Å². The molecular formula is C26H34FN3O5S. The first kappa shape index (κ1) is 27.6. The van der Waals surface area contributed by atoms with Gasteiger partial charge < -0.3 is 9.64 Å². The molecular weight excluding hydrogens is 485 g/mol. The monoisotopic (exact) mass is 519 g/mol. The lowest BCUT2D eigenvalue weighted by molar-refractivity contribution is -0.139. The highest BCUT2D eigenvalue weighted by atomic mass is 32.2. The summed E-state index contributed by atoms with van der Waals surface area (Å²) in [6.07, 6.45) is 1.19. The summed E-state index contributed by atoms with van der Waals surface area (Å²) in [7, 11) is -3.61. The molecule has 2 aromatic carbocycles. The first-order valence-corrected chi connectivity index (χ1v) is 13.8. The number of hydrogen-bond acceptors (Lipinski definition) is 6. The molecule has 0 radical (unpaired) electrons. The van der Waals surface area contributed by atoms with Crippen molar-refractivity contribution in [1.82, 2.24) is 14.5 Å². The van der Waals surface area contributed by atoms with Gasteiger partial charge in [0.25, 0.3) is 5.91 Å². The maximum atomic E-state index is 13.2. The van der Waals surface area contributed by atoms with E-state index in [1.807, 2.05) is 35.6 Å². The molecule has 2 amide bonds. The molecule has 196 valence electrons. The topological polar surface area (TPSA) is 96.0 Å². The number of amides is 2. The molecule has 1 aliphatic rings. The summed E-state index contributed by atoms with van der Waals surface area (Å²) in [5.41, 5.74) is 2.72. The molecule has 1 fully saturated rings. The molecule has 36 heavy (non-hydrogen) atoms. The highest BCUT2D eigenvalue weighted by Crippen LogP contribution is 2.23. The van der Waals surface area contributed by atoms with Gasteiger partial charge in [-0.2, -0.15) is 0 Å². The molecule has 1 aliphatic heterocycles. The maximum absolute atomic E-state index is 13.2. The minimum Gasteiger partial charge on any atom is -0.483 e. The van der Waals surface area contributed by atoms with E-state index >= 15 is 0 Å². The SMILES string of the molecule is Cc1ccc(OCC(=O)N2C[C@H](C)N(Cc3ccc(F)cc3)C[C@H]2C)c(CCC(=O)NS(C)(=O)=O)c1. The summed E-state index contributed by atoms with van der Waals surface area (Å²) in [5.74, 6) is -0.485. The summed E-state index contributed by atoms with van der Waals surface area (Å²) in [6, 6.07) is 12.1. The average Bonchev–Trinajstić information content (AvgIpc) is 2.79. The van der Waals surface area contributed by atoms with Gasteiger partial charge >= 0.3 is 0 Å². The van der Waals surface area contributed by atoms with Crippen LogP contribution in [0, 0.1) is 12.7 Å². The van der Waals surface area contributed by atoms with Gasteiger partial charge in [-0.25, -0.2) is 12.8 Å². The second-order valence-electron chi connectivity index (χ2n) is 9.50. The summed E-state index contributed by atoms with van der Waals surface area (Å²) in [5, 5.41) is 0. The van der Waals surface area contributed by atoms with Crippen molar-refractivity contribution in [2.75, 3.05) is 26.0 Å². The molecule has 3 rings (SSSR count). The Morgan fingerprint density at radius 2 is 1.78 bits per heavy atom. The number of rotatable bonds is 9. The van der Waals surface area contributed by atoms with Crippen LogP contribution in [0.3, 0.4) is 0 Å². The third kappa shape index (κ3) is 8.03. The number of halogens is 1. The van der Waals surface area contributed by atoms with E-state index in [9.17, 15) is 22.4 Å². The van der Waals surface area contributed by atoms with Crippen LogP contribution in [-0.2, 0) is 32.6 Å². The first-order chi connectivity index (χ1) is 16.9. The van der Waals surface area contributed by atoms with E-state index in [-0.39, 0.29) is 43.3 Å². The fourth-order valence-corrected chi connectivity index (χ4v) is 4.88. The Morgan fingerprint density at radius 1 is 1.08 bits per heavy atom. The van der Waals surface area contributed by atoms with Crippen molar-refractivity contribution >= 4 is 21.8 Å². The molecule has 1 saturated heterocycles. The Balaban J connectivity index is 1.57. The third-order valence-corrected chi connectivity index (χ3v) is 6.82. The Kier molecular flexibility index (Phi) is 9.08. The van der Waals surface area contributed by atoms with Gasteiger partial charge in [-0.15, -0.1) is 0 Å². The lowest BCUT2D eigenvalue weighted by Crippen LogP contribution is -2.58. The Hall–Kier alpha value is -2.98. The summed E-state index contributed by atoms with van der Waals surface area (Å²) >= 11 is 0. The number of piperazine rings is 1. The van der Waals surface area contributed by atoms with Crippen LogP contribution in [0.2, 0.25) is 0 Å². The summed E-state index contributed by atoms with van der Waals surface area (Å²) < 4.78 is 43.6. The van der Waals surface area contributed by atoms with Crippen LogP contribution in [-0.4, -0.2) is 68.1 Å². The zero-order chi connectivity index (χ0) is 26.5. The molecule has 0 aliphatic carbocycles. The predicted octanol–water partition coefficient (Wildman–Crippen LogP) is 2.64. The van der Waals surface area contributed by atoms with E-state index in [0.717, 1.165) is 22.9 Å². The van der Waals surface area contributed by atoms with Crippen LogP contribution in [0.15, 0.2) is 42.5 Å². The molecule has 10 heteroatoms. The number of nitrogens with one attached hydrogen (secondary N) is 1. The second-order valence-corrected chi connectivity index (χ2v) is 11.2. The zero-order valence-electron chi connectivity index (χ0n) is 21.2. The van der Waals surface area contributed by atoms with Gasteiger partial charge in [0.05, 0.1) is 6.26 Å². The predicted molar refractivity (Wildman–Crippen MR) is 135 cm³/mol. The molecule has 2 aromatic rings. The van der Waals surface area contributed by atoms with Gasteiger partial charge in [0.1, 0.15) is 11.6 Å².